The van der Waals surface area contributed by atoms with E-state index in [-0.39, 0.29) is 29.7 Å². The van der Waals surface area contributed by atoms with Gasteiger partial charge < -0.3 is 31.1 Å². The van der Waals surface area contributed by atoms with Gasteiger partial charge in [-0.25, -0.2) is 0 Å². The monoisotopic (exact) mass is 561 g/mol. The number of primary amides is 1. The van der Waals surface area contributed by atoms with Crippen molar-refractivity contribution in [1.82, 2.24) is 4.90 Å². The minimum absolute atomic E-state index is 0.0248. The summed E-state index contributed by atoms with van der Waals surface area (Å²) in [6, 6.07) is 8.66. The third-order valence-corrected chi connectivity index (χ3v) is 8.88. The number of anilines is 1. The summed E-state index contributed by atoms with van der Waals surface area (Å²) < 4.78 is 0. The highest BCUT2D eigenvalue weighted by Crippen LogP contribution is 2.53. The zero-order chi connectivity index (χ0) is 30.1. The molecule has 2 aromatic carbocycles. The van der Waals surface area contributed by atoms with Gasteiger partial charge in [-0.1, -0.05) is 19.1 Å². The number of likely N-dealkylation sites (N-methyl/N-ethyl adjacent to an activating group) is 1. The number of aromatic hydroxyl groups is 1. The normalized spacial score (nSPS) is 25.7. The number of carbonyl (C=O) groups is 3. The number of ketones is 2. The van der Waals surface area contributed by atoms with Crippen LogP contribution in [0.3, 0.4) is 0 Å². The van der Waals surface area contributed by atoms with Crippen molar-refractivity contribution in [2.24, 2.45) is 17.6 Å². The highest BCUT2D eigenvalue weighted by atomic mass is 16.3. The van der Waals surface area contributed by atoms with Crippen molar-refractivity contribution in [3.63, 3.8) is 0 Å². The Morgan fingerprint density at radius 1 is 1.07 bits per heavy atom. The summed E-state index contributed by atoms with van der Waals surface area (Å²) in [5, 5.41) is 45.5. The standard InChI is InChI=1S/C31H35N3O7/c1-6-14-11-18(15-7-9-17(10-8-15)33(2)3)19-12-16-13-20-24(34(4)5)27(37)23(30(32)40)29(39)31(20,41)28(38)21(16)26(36)22(19)25(14)35/h7-11,16,20,24,35,37-38,41H,6,12-13H2,1-5H3,(H2,32,40)/t16-,20-,24?,31-/m0/s1. The molecule has 0 saturated carbocycles. The van der Waals surface area contributed by atoms with E-state index in [9.17, 15) is 34.8 Å². The molecule has 0 aliphatic heterocycles. The Kier molecular flexibility index (Phi) is 6.74. The van der Waals surface area contributed by atoms with E-state index in [4.69, 9.17) is 5.73 Å². The molecule has 0 spiro atoms. The Bertz CT molecular complexity index is 1550. The van der Waals surface area contributed by atoms with Crippen LogP contribution in [0.25, 0.3) is 11.1 Å². The lowest BCUT2D eigenvalue weighted by atomic mass is 9.58. The second-order valence-electron chi connectivity index (χ2n) is 11.5. The largest absolute Gasteiger partial charge is 0.510 e. The van der Waals surface area contributed by atoms with Gasteiger partial charge >= 0.3 is 0 Å². The predicted molar refractivity (Wildman–Crippen MR) is 153 cm³/mol. The molecule has 3 aliphatic rings. The van der Waals surface area contributed by atoms with E-state index in [0.29, 0.717) is 17.5 Å². The fourth-order valence-corrected chi connectivity index (χ4v) is 6.84. The molecule has 0 bridgehead atoms. The quantitative estimate of drug-likeness (QED) is 0.345. The van der Waals surface area contributed by atoms with Crippen LogP contribution in [0.5, 0.6) is 5.75 Å². The Morgan fingerprint density at radius 2 is 1.71 bits per heavy atom. The molecule has 0 heterocycles. The number of aliphatic hydroxyl groups excluding tert-OH is 2. The lowest BCUT2D eigenvalue weighted by molar-refractivity contribution is -0.148. The minimum atomic E-state index is -2.66. The van der Waals surface area contributed by atoms with Crippen molar-refractivity contribution in [3.05, 3.63) is 69.7 Å². The summed E-state index contributed by atoms with van der Waals surface area (Å²) >= 11 is 0. The van der Waals surface area contributed by atoms with Crippen LogP contribution in [-0.4, -0.2) is 82.6 Å². The van der Waals surface area contributed by atoms with Crippen molar-refractivity contribution >= 4 is 23.2 Å². The summed E-state index contributed by atoms with van der Waals surface area (Å²) in [6.45, 7) is 1.85. The van der Waals surface area contributed by atoms with E-state index in [1.54, 1.807) is 14.1 Å². The molecule has 41 heavy (non-hydrogen) atoms. The Hall–Kier alpha value is -4.15. The highest BCUT2D eigenvalue weighted by molar-refractivity contribution is 6.25. The molecule has 2 aromatic rings. The summed E-state index contributed by atoms with van der Waals surface area (Å²) in [6.07, 6.45) is 0.711. The molecule has 3 aliphatic carbocycles. The van der Waals surface area contributed by atoms with E-state index < -0.39 is 58.0 Å². The first-order chi connectivity index (χ1) is 19.2. The smallest absolute Gasteiger partial charge is 0.255 e. The number of phenolic OH excluding ortho intramolecular Hbond substituents is 1. The molecule has 10 nitrogen and oxygen atoms in total. The van der Waals surface area contributed by atoms with Crippen LogP contribution >= 0.6 is 0 Å². The van der Waals surface area contributed by atoms with Gasteiger partial charge in [-0.05, 0) is 79.7 Å². The lowest BCUT2D eigenvalue weighted by Crippen LogP contribution is -2.63. The molecule has 0 radical (unpaired) electrons. The molecule has 0 saturated heterocycles. The van der Waals surface area contributed by atoms with Crippen LogP contribution in [-0.2, 0) is 22.4 Å². The van der Waals surface area contributed by atoms with Gasteiger partial charge in [-0.2, -0.15) is 0 Å². The van der Waals surface area contributed by atoms with Crippen molar-refractivity contribution in [2.45, 2.75) is 37.8 Å². The Labute approximate surface area is 238 Å². The molecule has 5 rings (SSSR count). The first-order valence-electron chi connectivity index (χ1n) is 13.6. The van der Waals surface area contributed by atoms with Crippen LogP contribution in [0.2, 0.25) is 0 Å². The molecule has 6 N–H and O–H groups in total. The van der Waals surface area contributed by atoms with Crippen molar-refractivity contribution < 1.29 is 34.8 Å². The van der Waals surface area contributed by atoms with Crippen molar-refractivity contribution in [2.75, 3.05) is 33.1 Å². The van der Waals surface area contributed by atoms with E-state index in [0.717, 1.165) is 16.8 Å². The van der Waals surface area contributed by atoms with Crippen LogP contribution in [0.4, 0.5) is 5.69 Å². The number of aryl methyl sites for hydroxylation is 1. The molecule has 10 heteroatoms. The first-order valence-corrected chi connectivity index (χ1v) is 13.6. The van der Waals surface area contributed by atoms with Gasteiger partial charge in [-0.3, -0.25) is 19.3 Å². The number of amides is 1. The zero-order valence-electron chi connectivity index (χ0n) is 23.7. The molecule has 0 fully saturated rings. The maximum absolute atomic E-state index is 14.1. The van der Waals surface area contributed by atoms with Crippen molar-refractivity contribution in [3.8, 4) is 16.9 Å². The number of aliphatic hydroxyl groups is 3. The topological polar surface area (TPSA) is 165 Å². The fraction of sp³-hybridized carbons (Fsp3) is 0.387. The summed E-state index contributed by atoms with van der Waals surface area (Å²) in [5.41, 5.74) is 5.55. The number of hydrogen-bond acceptors (Lipinski definition) is 9. The van der Waals surface area contributed by atoms with Gasteiger partial charge in [0.1, 0.15) is 22.8 Å². The minimum Gasteiger partial charge on any atom is -0.510 e. The lowest BCUT2D eigenvalue weighted by Gasteiger charge is -2.50. The summed E-state index contributed by atoms with van der Waals surface area (Å²) in [4.78, 5) is 43.3. The van der Waals surface area contributed by atoms with Gasteiger partial charge in [0.25, 0.3) is 5.91 Å². The number of rotatable bonds is 5. The van der Waals surface area contributed by atoms with Gasteiger partial charge in [0, 0.05) is 31.3 Å². The number of phenols is 1. The van der Waals surface area contributed by atoms with Crippen LogP contribution < -0.4 is 10.6 Å². The first kappa shape index (κ1) is 28.4. The predicted octanol–water partition coefficient (Wildman–Crippen LogP) is 2.42. The molecular formula is C31H35N3O7. The number of benzene rings is 2. The molecule has 4 atom stereocenters. The number of fused-ring (bicyclic) bond motifs is 3. The molecule has 0 aromatic heterocycles. The number of allylic oxidation sites excluding steroid dienone is 1. The van der Waals surface area contributed by atoms with E-state index in [2.05, 4.69) is 0 Å². The fourth-order valence-electron chi connectivity index (χ4n) is 6.84. The number of nitrogens with zero attached hydrogens (tertiary/aromatic N) is 2. The number of carbonyl (C=O) groups excluding carboxylic acids is 3. The third-order valence-electron chi connectivity index (χ3n) is 8.88. The Morgan fingerprint density at radius 3 is 2.24 bits per heavy atom. The summed E-state index contributed by atoms with van der Waals surface area (Å²) in [7, 11) is 7.08. The maximum Gasteiger partial charge on any atom is 0.255 e. The molecule has 1 amide bonds. The molecule has 1 unspecified atom stereocenters. The van der Waals surface area contributed by atoms with Crippen LogP contribution in [0.1, 0.15) is 34.8 Å². The van der Waals surface area contributed by atoms with Crippen LogP contribution in [0, 0.1) is 11.8 Å². The second kappa shape index (κ2) is 9.74. The molecular weight excluding hydrogens is 526 g/mol. The SMILES string of the molecule is CCc1cc(-c2ccc(N(C)C)cc2)c2c(c1O)C(=O)C1=C(O)[C@]3(O)C(=O)C(C(N)=O)=C(O)C(N(C)C)[C@@H]3C[C@@H]1C2. The van der Waals surface area contributed by atoms with Crippen LogP contribution in [0.15, 0.2) is 53.0 Å². The van der Waals surface area contributed by atoms with Gasteiger partial charge in [-0.15, -0.1) is 0 Å². The maximum atomic E-state index is 14.1. The second-order valence-corrected chi connectivity index (χ2v) is 11.5. The highest BCUT2D eigenvalue weighted by Gasteiger charge is 2.63. The molecule has 216 valence electrons. The third kappa shape index (κ3) is 3.96. The van der Waals surface area contributed by atoms with E-state index >= 15 is 0 Å². The van der Waals surface area contributed by atoms with E-state index in [1.165, 1.54) is 4.90 Å². The van der Waals surface area contributed by atoms with Crippen molar-refractivity contribution in [1.29, 1.82) is 0 Å². The number of Topliss-reactive ketones (excluding diaryl/α,β-unsaturated/α-hetero) is 2. The van der Waals surface area contributed by atoms with E-state index in [1.807, 2.05) is 56.3 Å². The number of nitrogens with two attached hydrogens (primary N) is 1. The average molecular weight is 562 g/mol. The number of hydrogen-bond donors (Lipinski definition) is 5. The Balaban J connectivity index is 1.73. The van der Waals surface area contributed by atoms with Gasteiger partial charge in [0.2, 0.25) is 5.78 Å². The zero-order valence-corrected chi connectivity index (χ0v) is 23.7. The average Bonchev–Trinajstić information content (AvgIpc) is 2.90. The van der Waals surface area contributed by atoms with Gasteiger partial charge in [0.15, 0.2) is 11.4 Å². The summed E-state index contributed by atoms with van der Waals surface area (Å²) in [5.74, 6) is -6.54. The van der Waals surface area contributed by atoms with Gasteiger partial charge in [0.05, 0.1) is 11.6 Å².